The summed E-state index contributed by atoms with van der Waals surface area (Å²) in [5, 5.41) is 2.54. The number of ether oxygens (including phenoxy) is 2. The van der Waals surface area contributed by atoms with Gasteiger partial charge in [0.15, 0.2) is 0 Å². The van der Waals surface area contributed by atoms with E-state index >= 15 is 0 Å². The molecule has 3 rings (SSSR count). The second kappa shape index (κ2) is 9.93. The first kappa shape index (κ1) is 20.7. The Bertz CT molecular complexity index is 832. The minimum absolute atomic E-state index is 0.0488. The molecule has 29 heavy (non-hydrogen) atoms. The number of urea groups is 1. The highest BCUT2D eigenvalue weighted by Gasteiger charge is 2.24. The predicted molar refractivity (Wildman–Crippen MR) is 110 cm³/mol. The molecule has 2 aromatic carbocycles. The molecule has 0 spiro atoms. The number of primary amides is 1. The van der Waals surface area contributed by atoms with Gasteiger partial charge in [-0.2, -0.15) is 0 Å². The maximum absolute atomic E-state index is 13.3. The van der Waals surface area contributed by atoms with Gasteiger partial charge in [-0.1, -0.05) is 30.3 Å². The van der Waals surface area contributed by atoms with Gasteiger partial charge in [0, 0.05) is 37.4 Å². The Balaban J connectivity index is 1.77. The maximum atomic E-state index is 13.3. The van der Waals surface area contributed by atoms with Gasteiger partial charge < -0.3 is 25.4 Å². The molecule has 3 N–H and O–H groups in total. The molecule has 0 aromatic heterocycles. The van der Waals surface area contributed by atoms with Crippen LogP contribution >= 0.6 is 0 Å². The summed E-state index contributed by atoms with van der Waals surface area (Å²) in [6.45, 7) is 2.03. The zero-order valence-corrected chi connectivity index (χ0v) is 16.6. The smallest absolute Gasteiger partial charge is 0.312 e. The molecule has 0 aliphatic carbocycles. The van der Waals surface area contributed by atoms with Crippen molar-refractivity contribution in [1.29, 1.82) is 0 Å². The SMILES string of the molecule is COc1ccccc1CN(CC1CCCO1)C(=O)c1ccc(CNC(N)=O)cc1. The maximum Gasteiger partial charge on any atom is 0.312 e. The van der Waals surface area contributed by atoms with Crippen LogP contribution in [-0.4, -0.2) is 43.2 Å². The molecule has 1 saturated heterocycles. The van der Waals surface area contributed by atoms with Crippen LogP contribution in [0.3, 0.4) is 0 Å². The van der Waals surface area contributed by atoms with E-state index in [9.17, 15) is 9.59 Å². The van der Waals surface area contributed by atoms with Crippen molar-refractivity contribution in [2.75, 3.05) is 20.3 Å². The zero-order valence-electron chi connectivity index (χ0n) is 16.6. The molecule has 154 valence electrons. The largest absolute Gasteiger partial charge is 0.496 e. The number of carbonyl (C=O) groups excluding carboxylic acids is 2. The van der Waals surface area contributed by atoms with Crippen LogP contribution < -0.4 is 15.8 Å². The summed E-state index contributed by atoms with van der Waals surface area (Å²) >= 11 is 0. The lowest BCUT2D eigenvalue weighted by atomic mass is 10.1. The highest BCUT2D eigenvalue weighted by atomic mass is 16.5. The van der Waals surface area contributed by atoms with Crippen molar-refractivity contribution >= 4 is 11.9 Å². The Morgan fingerprint density at radius 3 is 2.62 bits per heavy atom. The Kier molecular flexibility index (Phi) is 7.08. The van der Waals surface area contributed by atoms with Gasteiger partial charge in [0.05, 0.1) is 13.2 Å². The van der Waals surface area contributed by atoms with Crippen molar-refractivity contribution in [3.05, 3.63) is 65.2 Å². The number of methoxy groups -OCH3 is 1. The predicted octanol–water partition coefficient (Wildman–Crippen LogP) is 2.68. The van der Waals surface area contributed by atoms with Gasteiger partial charge in [-0.3, -0.25) is 4.79 Å². The molecular weight excluding hydrogens is 370 g/mol. The van der Waals surface area contributed by atoms with Crippen molar-refractivity contribution in [1.82, 2.24) is 10.2 Å². The fourth-order valence-electron chi connectivity index (χ4n) is 3.43. The lowest BCUT2D eigenvalue weighted by molar-refractivity contribution is 0.0505. The van der Waals surface area contributed by atoms with E-state index in [-0.39, 0.29) is 12.0 Å². The summed E-state index contributed by atoms with van der Waals surface area (Å²) in [5.41, 5.74) is 7.50. The number of hydrogen-bond donors (Lipinski definition) is 2. The fraction of sp³-hybridized carbons (Fsp3) is 0.364. The number of nitrogens with one attached hydrogen (secondary N) is 1. The van der Waals surface area contributed by atoms with Crippen LogP contribution in [0.5, 0.6) is 5.75 Å². The fourth-order valence-corrected chi connectivity index (χ4v) is 3.43. The lowest BCUT2D eigenvalue weighted by Gasteiger charge is -2.26. The van der Waals surface area contributed by atoms with Crippen LogP contribution in [0.2, 0.25) is 0 Å². The van der Waals surface area contributed by atoms with Crippen LogP contribution in [0.15, 0.2) is 48.5 Å². The second-order valence-electron chi connectivity index (χ2n) is 7.05. The van der Waals surface area contributed by atoms with Crippen LogP contribution in [0.1, 0.15) is 34.3 Å². The number of carbonyl (C=O) groups is 2. The first-order valence-corrected chi connectivity index (χ1v) is 9.72. The van der Waals surface area contributed by atoms with Crippen LogP contribution in [0.4, 0.5) is 4.79 Å². The summed E-state index contributed by atoms with van der Waals surface area (Å²) in [5.74, 6) is 0.686. The average Bonchev–Trinajstić information content (AvgIpc) is 3.25. The van der Waals surface area contributed by atoms with Gasteiger partial charge in [0.2, 0.25) is 0 Å². The van der Waals surface area contributed by atoms with Gasteiger partial charge in [0.1, 0.15) is 5.75 Å². The average molecular weight is 397 g/mol. The minimum atomic E-state index is -0.579. The molecule has 1 fully saturated rings. The quantitative estimate of drug-likeness (QED) is 0.716. The second-order valence-corrected chi connectivity index (χ2v) is 7.05. The zero-order chi connectivity index (χ0) is 20.6. The number of benzene rings is 2. The van der Waals surface area contributed by atoms with E-state index in [1.165, 1.54) is 0 Å². The minimum Gasteiger partial charge on any atom is -0.496 e. The number of rotatable bonds is 8. The van der Waals surface area contributed by atoms with E-state index in [4.69, 9.17) is 15.2 Å². The molecule has 1 aliphatic rings. The molecular formula is C22H27N3O4. The number of nitrogens with zero attached hydrogens (tertiary/aromatic N) is 1. The molecule has 3 amide bonds. The van der Waals surface area contributed by atoms with Gasteiger partial charge in [-0.05, 0) is 36.6 Å². The third kappa shape index (κ3) is 5.71. The van der Waals surface area contributed by atoms with Crippen molar-refractivity contribution < 1.29 is 19.1 Å². The van der Waals surface area contributed by atoms with Gasteiger partial charge in [-0.15, -0.1) is 0 Å². The number of amides is 3. The first-order chi connectivity index (χ1) is 14.1. The molecule has 1 aliphatic heterocycles. The number of nitrogens with two attached hydrogens (primary N) is 1. The highest BCUT2D eigenvalue weighted by Crippen LogP contribution is 2.22. The summed E-state index contributed by atoms with van der Waals surface area (Å²) < 4.78 is 11.2. The van der Waals surface area contributed by atoms with Crippen molar-refractivity contribution in [3.8, 4) is 5.75 Å². The summed E-state index contributed by atoms with van der Waals surface area (Å²) in [7, 11) is 1.63. The Morgan fingerprint density at radius 1 is 1.21 bits per heavy atom. The van der Waals surface area contributed by atoms with E-state index in [0.717, 1.165) is 36.3 Å². The molecule has 2 aromatic rings. The van der Waals surface area contributed by atoms with Gasteiger partial charge in [-0.25, -0.2) is 4.79 Å². The Labute approximate surface area is 170 Å². The molecule has 0 bridgehead atoms. The number of para-hydroxylation sites is 1. The summed E-state index contributed by atoms with van der Waals surface area (Å²) in [6, 6.07) is 14.3. The lowest BCUT2D eigenvalue weighted by Crippen LogP contribution is -2.37. The van der Waals surface area contributed by atoms with Crippen molar-refractivity contribution in [2.24, 2.45) is 5.73 Å². The standard InChI is InChI=1S/C22H27N3O4/c1-28-20-7-3-2-5-18(20)14-25(15-19-6-4-12-29-19)21(26)17-10-8-16(9-11-17)13-24-22(23)27/h2-3,5,7-11,19H,4,6,12-15H2,1H3,(H3,23,24,27). The summed E-state index contributed by atoms with van der Waals surface area (Å²) in [4.78, 5) is 25.9. The van der Waals surface area contributed by atoms with E-state index in [1.54, 1.807) is 19.2 Å². The van der Waals surface area contributed by atoms with E-state index < -0.39 is 6.03 Å². The van der Waals surface area contributed by atoms with Crippen LogP contribution in [0.25, 0.3) is 0 Å². The molecule has 1 atom stereocenters. The van der Waals surface area contributed by atoms with E-state index in [2.05, 4.69) is 5.32 Å². The molecule has 0 saturated carbocycles. The molecule has 7 heteroatoms. The van der Waals surface area contributed by atoms with Gasteiger partial charge >= 0.3 is 6.03 Å². The summed E-state index contributed by atoms with van der Waals surface area (Å²) in [6.07, 6.45) is 2.02. The van der Waals surface area contributed by atoms with E-state index in [1.807, 2.05) is 41.3 Å². The Hall–Kier alpha value is -3.06. The highest BCUT2D eigenvalue weighted by molar-refractivity contribution is 5.94. The monoisotopic (exact) mass is 397 g/mol. The normalized spacial score (nSPS) is 15.7. The number of hydrogen-bond acceptors (Lipinski definition) is 4. The van der Waals surface area contributed by atoms with Crippen LogP contribution in [-0.2, 0) is 17.8 Å². The first-order valence-electron chi connectivity index (χ1n) is 9.72. The molecule has 0 radical (unpaired) electrons. The van der Waals surface area contributed by atoms with Crippen molar-refractivity contribution in [3.63, 3.8) is 0 Å². The van der Waals surface area contributed by atoms with E-state index in [0.29, 0.717) is 25.2 Å². The third-order valence-corrected chi connectivity index (χ3v) is 4.96. The molecule has 1 heterocycles. The molecule has 7 nitrogen and oxygen atoms in total. The van der Waals surface area contributed by atoms with Crippen LogP contribution in [0, 0.1) is 0 Å². The molecule has 1 unspecified atom stereocenters. The third-order valence-electron chi connectivity index (χ3n) is 4.96. The van der Waals surface area contributed by atoms with Crippen molar-refractivity contribution in [2.45, 2.75) is 32.0 Å². The Morgan fingerprint density at radius 2 is 1.97 bits per heavy atom. The topological polar surface area (TPSA) is 93.9 Å². The van der Waals surface area contributed by atoms with Gasteiger partial charge in [0.25, 0.3) is 5.91 Å².